The first-order valence-corrected chi connectivity index (χ1v) is 10.2. The summed E-state index contributed by atoms with van der Waals surface area (Å²) in [6.45, 7) is 0.954. The fraction of sp³-hybridized carbons (Fsp3) is 0.381. The molecule has 0 saturated heterocycles. The summed E-state index contributed by atoms with van der Waals surface area (Å²) < 4.78 is 5.83. The molecule has 1 heterocycles. The van der Waals surface area contributed by atoms with E-state index < -0.39 is 0 Å². The van der Waals surface area contributed by atoms with Crippen molar-refractivity contribution in [3.05, 3.63) is 58.7 Å². The van der Waals surface area contributed by atoms with E-state index in [1.807, 2.05) is 12.1 Å². The average Bonchev–Trinajstić information content (AvgIpc) is 3.24. The molecule has 1 aromatic heterocycles. The predicted octanol–water partition coefficient (Wildman–Crippen LogP) is 3.29. The number of benzene rings is 1. The Morgan fingerprint density at radius 2 is 1.79 bits per heavy atom. The Hall–Kier alpha value is -2.80. The van der Waals surface area contributed by atoms with Gasteiger partial charge in [0.15, 0.2) is 0 Å². The van der Waals surface area contributed by atoms with Crippen molar-refractivity contribution < 1.29 is 14.3 Å². The summed E-state index contributed by atoms with van der Waals surface area (Å²) in [6.07, 6.45) is 6.58. The van der Waals surface area contributed by atoms with Crippen LogP contribution in [0.3, 0.4) is 0 Å². The molecule has 7 nitrogen and oxygen atoms in total. The fourth-order valence-corrected chi connectivity index (χ4v) is 3.32. The third-order valence-corrected chi connectivity index (χ3v) is 4.98. The molecule has 0 radical (unpaired) electrons. The second-order valence-corrected chi connectivity index (χ2v) is 7.28. The monoisotopic (exact) mass is 416 g/mol. The molecule has 1 aliphatic carbocycles. The minimum absolute atomic E-state index is 0.274. The molecular formula is C21H25ClN4O3. The van der Waals surface area contributed by atoms with Crippen molar-refractivity contribution in [1.29, 1.82) is 0 Å². The Kier molecular flexibility index (Phi) is 7.69. The molecule has 3 rings (SSSR count). The third kappa shape index (κ3) is 6.64. The number of hydrogen-bond acceptors (Lipinski definition) is 4. The molecule has 29 heavy (non-hydrogen) atoms. The molecule has 0 bridgehead atoms. The van der Waals surface area contributed by atoms with Gasteiger partial charge in [-0.1, -0.05) is 29.8 Å². The number of rotatable bonds is 8. The molecule has 3 amide bonds. The van der Waals surface area contributed by atoms with Gasteiger partial charge in [-0.25, -0.2) is 9.78 Å². The summed E-state index contributed by atoms with van der Waals surface area (Å²) in [5.41, 5.74) is 1.29. The zero-order valence-electron chi connectivity index (χ0n) is 16.1. The Labute approximate surface area is 175 Å². The van der Waals surface area contributed by atoms with Gasteiger partial charge in [0.1, 0.15) is 6.10 Å². The summed E-state index contributed by atoms with van der Waals surface area (Å²) in [7, 11) is 0. The van der Waals surface area contributed by atoms with E-state index in [1.54, 1.807) is 30.5 Å². The number of ether oxygens (including phenoxy) is 1. The molecular weight excluding hydrogens is 392 g/mol. The molecule has 1 saturated carbocycles. The summed E-state index contributed by atoms with van der Waals surface area (Å²) in [6, 6.07) is 10.2. The van der Waals surface area contributed by atoms with Gasteiger partial charge in [-0.3, -0.25) is 4.79 Å². The topological polar surface area (TPSA) is 92.4 Å². The van der Waals surface area contributed by atoms with E-state index >= 15 is 0 Å². The number of amides is 3. The highest BCUT2D eigenvalue weighted by atomic mass is 35.5. The van der Waals surface area contributed by atoms with Gasteiger partial charge in [0.05, 0.1) is 10.6 Å². The minimum atomic E-state index is -0.316. The summed E-state index contributed by atoms with van der Waals surface area (Å²) in [5, 5.41) is 8.55. The fourth-order valence-electron chi connectivity index (χ4n) is 3.10. The Bertz CT molecular complexity index is 823. The van der Waals surface area contributed by atoms with E-state index in [4.69, 9.17) is 16.3 Å². The van der Waals surface area contributed by atoms with E-state index in [1.165, 1.54) is 12.8 Å². The first kappa shape index (κ1) is 20.9. The van der Waals surface area contributed by atoms with Gasteiger partial charge in [-0.15, -0.1) is 0 Å². The zero-order chi connectivity index (χ0) is 20.5. The average molecular weight is 417 g/mol. The van der Waals surface area contributed by atoms with E-state index in [0.717, 1.165) is 18.4 Å². The van der Waals surface area contributed by atoms with Crippen molar-refractivity contribution in [1.82, 2.24) is 20.9 Å². The number of urea groups is 1. The van der Waals surface area contributed by atoms with Crippen LogP contribution in [0.2, 0.25) is 5.02 Å². The van der Waals surface area contributed by atoms with Crippen molar-refractivity contribution in [2.75, 3.05) is 13.1 Å². The number of carbonyl (C=O) groups is 2. The molecule has 1 aliphatic rings. The van der Waals surface area contributed by atoms with Gasteiger partial charge in [0.2, 0.25) is 5.88 Å². The molecule has 1 fully saturated rings. The van der Waals surface area contributed by atoms with Crippen molar-refractivity contribution >= 4 is 23.5 Å². The zero-order valence-corrected chi connectivity index (χ0v) is 16.9. The number of hydrogen-bond donors (Lipinski definition) is 3. The van der Waals surface area contributed by atoms with Crippen molar-refractivity contribution in [3.8, 4) is 5.88 Å². The van der Waals surface area contributed by atoms with Crippen LogP contribution >= 0.6 is 11.6 Å². The maximum atomic E-state index is 12.0. The molecule has 3 N–H and O–H groups in total. The highest BCUT2D eigenvalue weighted by Crippen LogP contribution is 2.22. The number of nitrogens with zero attached hydrogens (tertiary/aromatic N) is 1. The summed E-state index contributed by atoms with van der Waals surface area (Å²) in [4.78, 5) is 28.2. The summed E-state index contributed by atoms with van der Waals surface area (Å²) >= 11 is 5.98. The van der Waals surface area contributed by atoms with Crippen molar-refractivity contribution in [2.45, 2.75) is 38.3 Å². The molecule has 2 aromatic rings. The molecule has 0 atom stereocenters. The van der Waals surface area contributed by atoms with Crippen LogP contribution in [0.4, 0.5) is 4.79 Å². The van der Waals surface area contributed by atoms with Crippen LogP contribution in [0.15, 0.2) is 42.6 Å². The van der Waals surface area contributed by atoms with Gasteiger partial charge in [-0.2, -0.15) is 0 Å². The Balaban J connectivity index is 1.31. The quantitative estimate of drug-likeness (QED) is 0.576. The number of pyridine rings is 1. The molecule has 0 aliphatic heterocycles. The van der Waals surface area contributed by atoms with E-state index in [0.29, 0.717) is 36.1 Å². The first-order valence-electron chi connectivity index (χ1n) is 9.78. The van der Waals surface area contributed by atoms with E-state index in [9.17, 15) is 9.59 Å². The SMILES string of the molecule is O=C(NCCNC(=O)c1ccccc1Cl)NCc1ccc(OC2CCCC2)nc1. The van der Waals surface area contributed by atoms with E-state index in [-0.39, 0.29) is 18.0 Å². The Morgan fingerprint density at radius 1 is 1.03 bits per heavy atom. The normalized spacial score (nSPS) is 13.7. The second kappa shape index (κ2) is 10.7. The van der Waals surface area contributed by atoms with Gasteiger partial charge >= 0.3 is 6.03 Å². The van der Waals surface area contributed by atoms with Crippen LogP contribution in [-0.4, -0.2) is 36.1 Å². The number of carbonyl (C=O) groups excluding carboxylic acids is 2. The van der Waals surface area contributed by atoms with Gasteiger partial charge < -0.3 is 20.7 Å². The maximum Gasteiger partial charge on any atom is 0.315 e. The van der Waals surface area contributed by atoms with Gasteiger partial charge in [-0.05, 0) is 43.4 Å². The number of nitrogens with one attached hydrogen (secondary N) is 3. The molecule has 154 valence electrons. The minimum Gasteiger partial charge on any atom is -0.474 e. The van der Waals surface area contributed by atoms with Crippen molar-refractivity contribution in [3.63, 3.8) is 0 Å². The number of aromatic nitrogens is 1. The second-order valence-electron chi connectivity index (χ2n) is 6.87. The molecule has 0 spiro atoms. The largest absolute Gasteiger partial charge is 0.474 e. The van der Waals surface area contributed by atoms with Crippen LogP contribution in [-0.2, 0) is 6.54 Å². The van der Waals surface area contributed by atoms with Crippen LogP contribution in [0.25, 0.3) is 0 Å². The van der Waals surface area contributed by atoms with Gasteiger partial charge in [0, 0.05) is 31.9 Å². The van der Waals surface area contributed by atoms with E-state index in [2.05, 4.69) is 20.9 Å². The van der Waals surface area contributed by atoms with Crippen molar-refractivity contribution in [2.24, 2.45) is 0 Å². The first-order chi connectivity index (χ1) is 14.1. The standard InChI is InChI=1S/C21H25ClN4O3/c22-18-8-4-3-7-17(18)20(27)23-11-12-24-21(28)26-14-15-9-10-19(25-13-15)29-16-5-1-2-6-16/h3-4,7-10,13,16H,1-2,5-6,11-12,14H2,(H,23,27)(H2,24,26,28). The van der Waals surface area contributed by atoms with Gasteiger partial charge in [0.25, 0.3) is 5.91 Å². The lowest BCUT2D eigenvalue weighted by Gasteiger charge is -2.12. The lowest BCUT2D eigenvalue weighted by atomic mass is 10.2. The Morgan fingerprint density at radius 3 is 2.52 bits per heavy atom. The highest BCUT2D eigenvalue weighted by Gasteiger charge is 2.16. The maximum absolute atomic E-state index is 12.0. The van der Waals surface area contributed by atoms with Crippen LogP contribution < -0.4 is 20.7 Å². The molecule has 1 aromatic carbocycles. The smallest absolute Gasteiger partial charge is 0.315 e. The lowest BCUT2D eigenvalue weighted by Crippen LogP contribution is -2.40. The third-order valence-electron chi connectivity index (χ3n) is 4.65. The van der Waals surface area contributed by atoms with Crippen LogP contribution in [0, 0.1) is 0 Å². The molecule has 8 heteroatoms. The lowest BCUT2D eigenvalue weighted by molar-refractivity contribution is 0.0954. The summed E-state index contributed by atoms with van der Waals surface area (Å²) in [5.74, 6) is 0.350. The highest BCUT2D eigenvalue weighted by molar-refractivity contribution is 6.33. The van der Waals surface area contributed by atoms with Crippen LogP contribution in [0.1, 0.15) is 41.6 Å². The van der Waals surface area contributed by atoms with Crippen LogP contribution in [0.5, 0.6) is 5.88 Å². The number of halogens is 1. The molecule has 0 unspecified atom stereocenters. The predicted molar refractivity (Wildman–Crippen MR) is 111 cm³/mol.